The summed E-state index contributed by atoms with van der Waals surface area (Å²) in [6.07, 6.45) is 0.778. The average Bonchev–Trinajstić information content (AvgIpc) is 2.66. The van der Waals surface area contributed by atoms with Crippen LogP contribution >= 0.6 is 24.0 Å². The van der Waals surface area contributed by atoms with E-state index in [9.17, 15) is 0 Å². The van der Waals surface area contributed by atoms with Crippen LogP contribution in [0.15, 0.2) is 47.5 Å². The van der Waals surface area contributed by atoms with Gasteiger partial charge in [-0.25, -0.2) is 4.99 Å². The summed E-state index contributed by atoms with van der Waals surface area (Å²) in [6.45, 7) is 1.09. The van der Waals surface area contributed by atoms with E-state index in [0.29, 0.717) is 36.1 Å². The quantitative estimate of drug-likeness (QED) is 0.372. The maximum absolute atomic E-state index is 8.89. The molecule has 0 aliphatic heterocycles. The molecule has 2 rings (SSSR count). The summed E-state index contributed by atoms with van der Waals surface area (Å²) in [6, 6.07) is 15.3. The third-order valence-electron chi connectivity index (χ3n) is 3.66. The van der Waals surface area contributed by atoms with Crippen LogP contribution in [0.1, 0.15) is 16.7 Å². The number of methoxy groups -OCH3 is 2. The first kappa shape index (κ1) is 21.6. The van der Waals surface area contributed by atoms with Crippen molar-refractivity contribution in [3.05, 3.63) is 59.2 Å². The standard InChI is InChI=1S/C19H22N4O2.HI/c1-24-17-7-6-14(11-18(17)25-2)8-9-22-19(21)23-13-16-5-3-4-15(10-16)12-20;/h3-7,10-11H,8-9,13H2,1-2H3,(H3,21,22,23);1H. The van der Waals surface area contributed by atoms with Crippen molar-refractivity contribution in [1.29, 1.82) is 5.26 Å². The average molecular weight is 466 g/mol. The monoisotopic (exact) mass is 466 g/mol. The molecule has 0 saturated carbocycles. The second-order valence-corrected chi connectivity index (χ2v) is 5.38. The number of nitrogens with two attached hydrogens (primary N) is 1. The molecule has 2 aromatic carbocycles. The Morgan fingerprint density at radius 2 is 1.88 bits per heavy atom. The molecule has 0 amide bonds. The van der Waals surface area contributed by atoms with Crippen LogP contribution in [0.3, 0.4) is 0 Å². The summed E-state index contributed by atoms with van der Waals surface area (Å²) in [5, 5.41) is 12.0. The van der Waals surface area contributed by atoms with Gasteiger partial charge in [0.2, 0.25) is 0 Å². The first-order valence-corrected chi connectivity index (χ1v) is 7.90. The summed E-state index contributed by atoms with van der Waals surface area (Å²) < 4.78 is 10.5. The number of guanidine groups is 1. The van der Waals surface area contributed by atoms with E-state index in [1.807, 2.05) is 30.3 Å². The van der Waals surface area contributed by atoms with Crippen molar-refractivity contribution in [2.24, 2.45) is 10.7 Å². The number of rotatable bonds is 7. The van der Waals surface area contributed by atoms with Gasteiger partial charge in [-0.05, 0) is 41.8 Å². The predicted octanol–water partition coefficient (Wildman–Crippen LogP) is 2.84. The molecule has 0 atom stereocenters. The zero-order valence-corrected chi connectivity index (χ0v) is 17.2. The van der Waals surface area contributed by atoms with Gasteiger partial charge in [-0.3, -0.25) is 0 Å². The van der Waals surface area contributed by atoms with Crippen molar-refractivity contribution in [2.45, 2.75) is 13.0 Å². The van der Waals surface area contributed by atoms with E-state index in [1.165, 1.54) is 0 Å². The highest BCUT2D eigenvalue weighted by atomic mass is 127. The molecule has 0 heterocycles. The zero-order valence-electron chi connectivity index (χ0n) is 14.9. The van der Waals surface area contributed by atoms with E-state index in [2.05, 4.69) is 16.4 Å². The Kier molecular flexibility index (Phi) is 9.30. The molecule has 7 heteroatoms. The van der Waals surface area contributed by atoms with Gasteiger partial charge in [-0.15, -0.1) is 24.0 Å². The summed E-state index contributed by atoms with van der Waals surface area (Å²) in [4.78, 5) is 4.29. The van der Waals surface area contributed by atoms with Crippen molar-refractivity contribution < 1.29 is 9.47 Å². The largest absolute Gasteiger partial charge is 0.493 e. The third kappa shape index (κ3) is 6.44. The second kappa shape index (κ2) is 11.2. The highest BCUT2D eigenvalue weighted by Crippen LogP contribution is 2.27. The van der Waals surface area contributed by atoms with Crippen LogP contribution in [-0.4, -0.2) is 26.7 Å². The first-order valence-electron chi connectivity index (χ1n) is 7.90. The number of nitrogens with one attached hydrogen (secondary N) is 1. The van der Waals surface area contributed by atoms with Gasteiger partial charge in [0, 0.05) is 6.54 Å². The number of nitriles is 1. The summed E-state index contributed by atoms with van der Waals surface area (Å²) in [5.41, 5.74) is 8.56. The Morgan fingerprint density at radius 3 is 2.58 bits per heavy atom. The van der Waals surface area contributed by atoms with Crippen molar-refractivity contribution in [3.63, 3.8) is 0 Å². The number of nitrogens with zero attached hydrogens (tertiary/aromatic N) is 2. The van der Waals surface area contributed by atoms with Crippen molar-refractivity contribution >= 4 is 29.9 Å². The molecule has 26 heavy (non-hydrogen) atoms. The van der Waals surface area contributed by atoms with Crippen LogP contribution < -0.4 is 20.5 Å². The van der Waals surface area contributed by atoms with Crippen LogP contribution in [0.5, 0.6) is 11.5 Å². The van der Waals surface area contributed by atoms with E-state index < -0.39 is 0 Å². The molecule has 138 valence electrons. The van der Waals surface area contributed by atoms with Crippen LogP contribution in [-0.2, 0) is 13.0 Å². The highest BCUT2D eigenvalue weighted by molar-refractivity contribution is 14.0. The minimum absolute atomic E-state index is 0. The van der Waals surface area contributed by atoms with Gasteiger partial charge in [-0.2, -0.15) is 5.26 Å². The molecule has 0 saturated heterocycles. The number of hydrogen-bond acceptors (Lipinski definition) is 4. The molecule has 2 aromatic rings. The van der Waals surface area contributed by atoms with E-state index in [4.69, 9.17) is 20.5 Å². The van der Waals surface area contributed by atoms with Gasteiger partial charge in [-0.1, -0.05) is 18.2 Å². The van der Waals surface area contributed by atoms with Crippen molar-refractivity contribution in [2.75, 3.05) is 20.8 Å². The molecular weight excluding hydrogens is 443 g/mol. The van der Waals surface area contributed by atoms with Crippen LogP contribution in [0.25, 0.3) is 0 Å². The molecule has 0 radical (unpaired) electrons. The van der Waals surface area contributed by atoms with Crippen LogP contribution in [0.4, 0.5) is 0 Å². The fourth-order valence-electron chi connectivity index (χ4n) is 2.34. The Balaban J connectivity index is 0.00000338. The number of halogens is 1. The molecule has 3 N–H and O–H groups in total. The lowest BCUT2D eigenvalue weighted by atomic mass is 10.1. The molecule has 0 aromatic heterocycles. The minimum Gasteiger partial charge on any atom is -0.493 e. The topological polar surface area (TPSA) is 92.7 Å². The van der Waals surface area contributed by atoms with E-state index in [1.54, 1.807) is 26.4 Å². The first-order chi connectivity index (χ1) is 12.2. The van der Waals surface area contributed by atoms with E-state index >= 15 is 0 Å². The molecule has 0 aliphatic rings. The van der Waals surface area contributed by atoms with Gasteiger partial charge in [0.25, 0.3) is 0 Å². The van der Waals surface area contributed by atoms with Gasteiger partial charge in [0.1, 0.15) is 0 Å². The van der Waals surface area contributed by atoms with Crippen LogP contribution in [0.2, 0.25) is 0 Å². The van der Waals surface area contributed by atoms with Gasteiger partial charge >= 0.3 is 0 Å². The maximum atomic E-state index is 8.89. The van der Waals surface area contributed by atoms with E-state index in [0.717, 1.165) is 17.5 Å². The maximum Gasteiger partial charge on any atom is 0.188 e. The van der Waals surface area contributed by atoms with Crippen molar-refractivity contribution in [1.82, 2.24) is 5.32 Å². The minimum atomic E-state index is 0. The fraction of sp³-hybridized carbons (Fsp3) is 0.263. The lowest BCUT2D eigenvalue weighted by Gasteiger charge is -2.10. The molecule has 0 bridgehead atoms. The molecule has 0 unspecified atom stereocenters. The normalized spacial score (nSPS) is 10.4. The van der Waals surface area contributed by atoms with Gasteiger partial charge in [0.05, 0.1) is 32.4 Å². The summed E-state index contributed by atoms with van der Waals surface area (Å²) in [7, 11) is 3.23. The second-order valence-electron chi connectivity index (χ2n) is 5.38. The van der Waals surface area contributed by atoms with Crippen molar-refractivity contribution in [3.8, 4) is 17.6 Å². The SMILES string of the molecule is COc1ccc(CCNC(N)=NCc2cccc(C#N)c2)cc1OC.I. The molecule has 0 aliphatic carbocycles. The smallest absolute Gasteiger partial charge is 0.188 e. The number of aliphatic imine (C=N–C) groups is 1. The molecule has 6 nitrogen and oxygen atoms in total. The van der Waals surface area contributed by atoms with E-state index in [-0.39, 0.29) is 24.0 Å². The lowest BCUT2D eigenvalue weighted by molar-refractivity contribution is 0.354. The summed E-state index contributed by atoms with van der Waals surface area (Å²) in [5.74, 6) is 1.79. The predicted molar refractivity (Wildman–Crippen MR) is 113 cm³/mol. The Bertz CT molecular complexity index is 787. The lowest BCUT2D eigenvalue weighted by Crippen LogP contribution is -2.33. The summed E-state index contributed by atoms with van der Waals surface area (Å²) >= 11 is 0. The Hall–Kier alpha value is -2.47. The Labute approximate surface area is 171 Å². The molecule has 0 spiro atoms. The third-order valence-corrected chi connectivity index (χ3v) is 3.66. The number of ether oxygens (including phenoxy) is 2. The zero-order chi connectivity index (χ0) is 18.1. The highest BCUT2D eigenvalue weighted by Gasteiger charge is 2.04. The Morgan fingerprint density at radius 1 is 1.12 bits per heavy atom. The molecular formula is C19H23IN4O2. The van der Waals surface area contributed by atoms with Crippen LogP contribution in [0, 0.1) is 11.3 Å². The fourth-order valence-corrected chi connectivity index (χ4v) is 2.34. The van der Waals surface area contributed by atoms with Gasteiger partial charge in [0.15, 0.2) is 17.5 Å². The number of benzene rings is 2. The van der Waals surface area contributed by atoms with Gasteiger partial charge < -0.3 is 20.5 Å². The molecule has 0 fully saturated rings. The number of hydrogen-bond donors (Lipinski definition) is 2.